The van der Waals surface area contributed by atoms with Crippen molar-refractivity contribution in [2.75, 3.05) is 17.6 Å². The highest BCUT2D eigenvalue weighted by Crippen LogP contribution is 2.27. The van der Waals surface area contributed by atoms with Gasteiger partial charge in [-0.1, -0.05) is 19.1 Å². The number of benzene rings is 2. The molecular formula is C25H29N5O. The molecule has 1 atom stereocenters. The molecule has 1 saturated heterocycles. The predicted octanol–water partition coefficient (Wildman–Crippen LogP) is 5.18. The summed E-state index contributed by atoms with van der Waals surface area (Å²) in [5, 5.41) is 3.24. The number of likely N-dealkylation sites (tertiary alicyclic amines) is 1. The van der Waals surface area contributed by atoms with Crippen molar-refractivity contribution in [3.63, 3.8) is 0 Å². The van der Waals surface area contributed by atoms with Gasteiger partial charge in [0.25, 0.3) is 5.91 Å². The van der Waals surface area contributed by atoms with Crippen LogP contribution in [-0.4, -0.2) is 33.4 Å². The van der Waals surface area contributed by atoms with Crippen molar-refractivity contribution in [2.45, 2.75) is 45.6 Å². The fourth-order valence-electron chi connectivity index (χ4n) is 4.18. The molecular weight excluding hydrogens is 386 g/mol. The van der Waals surface area contributed by atoms with Crippen molar-refractivity contribution in [3.8, 4) is 11.3 Å². The molecule has 4 rings (SSSR count). The van der Waals surface area contributed by atoms with Gasteiger partial charge in [0, 0.05) is 41.3 Å². The zero-order chi connectivity index (χ0) is 21.8. The van der Waals surface area contributed by atoms with Crippen molar-refractivity contribution in [1.82, 2.24) is 14.9 Å². The first-order valence-electron chi connectivity index (χ1n) is 10.9. The van der Waals surface area contributed by atoms with E-state index in [1.165, 1.54) is 6.42 Å². The van der Waals surface area contributed by atoms with E-state index < -0.39 is 0 Å². The second kappa shape index (κ2) is 9.16. The highest BCUT2D eigenvalue weighted by molar-refractivity contribution is 5.95. The van der Waals surface area contributed by atoms with Gasteiger partial charge in [0.15, 0.2) is 0 Å². The summed E-state index contributed by atoms with van der Waals surface area (Å²) >= 11 is 0. The van der Waals surface area contributed by atoms with E-state index in [1.807, 2.05) is 60.4 Å². The Morgan fingerprint density at radius 2 is 1.97 bits per heavy atom. The van der Waals surface area contributed by atoms with Crippen molar-refractivity contribution < 1.29 is 4.79 Å². The summed E-state index contributed by atoms with van der Waals surface area (Å²) in [6, 6.07) is 15.6. The number of hydrogen-bond donors (Lipinski definition) is 2. The maximum absolute atomic E-state index is 13.0. The summed E-state index contributed by atoms with van der Waals surface area (Å²) < 4.78 is 0. The molecule has 1 aromatic heterocycles. The summed E-state index contributed by atoms with van der Waals surface area (Å²) in [5.74, 6) is 0.619. The number of nitrogens with one attached hydrogen (secondary N) is 1. The first-order valence-corrected chi connectivity index (χ1v) is 10.9. The van der Waals surface area contributed by atoms with E-state index in [4.69, 9.17) is 5.73 Å². The summed E-state index contributed by atoms with van der Waals surface area (Å²) in [6.45, 7) is 4.99. The molecule has 0 radical (unpaired) electrons. The number of piperidine rings is 1. The van der Waals surface area contributed by atoms with Gasteiger partial charge >= 0.3 is 0 Å². The number of anilines is 3. The van der Waals surface area contributed by atoms with Gasteiger partial charge in [0.05, 0.1) is 5.69 Å². The van der Waals surface area contributed by atoms with Gasteiger partial charge in [0.1, 0.15) is 0 Å². The average molecular weight is 416 g/mol. The van der Waals surface area contributed by atoms with E-state index in [0.717, 1.165) is 59.6 Å². The maximum Gasteiger partial charge on any atom is 0.254 e. The normalized spacial score (nSPS) is 16.2. The summed E-state index contributed by atoms with van der Waals surface area (Å²) in [5.41, 5.74) is 11.1. The summed E-state index contributed by atoms with van der Waals surface area (Å²) in [4.78, 5) is 24.0. The van der Waals surface area contributed by atoms with E-state index in [-0.39, 0.29) is 5.91 Å². The van der Waals surface area contributed by atoms with Crippen LogP contribution in [-0.2, 0) is 0 Å². The minimum Gasteiger partial charge on any atom is -0.398 e. The Morgan fingerprint density at radius 1 is 1.16 bits per heavy atom. The van der Waals surface area contributed by atoms with Gasteiger partial charge in [-0.25, -0.2) is 9.97 Å². The van der Waals surface area contributed by atoms with Crippen molar-refractivity contribution >= 4 is 23.2 Å². The molecule has 6 heteroatoms. The van der Waals surface area contributed by atoms with Crippen LogP contribution >= 0.6 is 0 Å². The second-order valence-electron chi connectivity index (χ2n) is 8.04. The number of nitrogens with zero attached hydrogens (tertiary/aromatic N) is 3. The lowest BCUT2D eigenvalue weighted by atomic mass is 9.99. The highest BCUT2D eigenvalue weighted by atomic mass is 16.2. The number of rotatable bonds is 5. The van der Waals surface area contributed by atoms with E-state index in [9.17, 15) is 4.79 Å². The summed E-state index contributed by atoms with van der Waals surface area (Å²) in [6.07, 6.45) is 6.13. The topological polar surface area (TPSA) is 84.1 Å². The molecule has 2 heterocycles. The highest BCUT2D eigenvalue weighted by Gasteiger charge is 2.26. The standard InChI is InChI=1S/C25H29N5O/c1-3-20-7-4-5-16-30(20)24(31)18-10-12-19(13-11-18)28-25-27-15-14-23(29-25)21-8-6-9-22(26)17(21)2/h6,8-15,20H,3-5,7,16,26H2,1-2H3,(H,27,28,29). The van der Waals surface area contributed by atoms with Crippen molar-refractivity contribution in [1.29, 1.82) is 0 Å². The molecule has 3 N–H and O–H groups in total. The van der Waals surface area contributed by atoms with Gasteiger partial charge < -0.3 is 16.0 Å². The SMILES string of the molecule is CCC1CCCCN1C(=O)c1ccc(Nc2nccc(-c3cccc(N)c3C)n2)cc1. The van der Waals surface area contributed by atoms with Gasteiger partial charge in [-0.15, -0.1) is 0 Å². The largest absolute Gasteiger partial charge is 0.398 e. The van der Waals surface area contributed by atoms with Crippen molar-refractivity contribution in [3.05, 3.63) is 65.9 Å². The molecule has 2 aromatic carbocycles. The van der Waals surface area contributed by atoms with E-state index >= 15 is 0 Å². The minimum atomic E-state index is 0.119. The van der Waals surface area contributed by atoms with Gasteiger partial charge in [-0.05, 0) is 74.6 Å². The number of nitrogen functional groups attached to an aromatic ring is 1. The van der Waals surface area contributed by atoms with Crippen LogP contribution in [0.2, 0.25) is 0 Å². The van der Waals surface area contributed by atoms with E-state index in [2.05, 4.69) is 22.2 Å². The first-order chi connectivity index (χ1) is 15.1. The molecule has 1 unspecified atom stereocenters. The fourth-order valence-corrected chi connectivity index (χ4v) is 4.18. The predicted molar refractivity (Wildman–Crippen MR) is 125 cm³/mol. The quantitative estimate of drug-likeness (QED) is 0.561. The molecule has 31 heavy (non-hydrogen) atoms. The van der Waals surface area contributed by atoms with Crippen LogP contribution in [0.25, 0.3) is 11.3 Å². The zero-order valence-corrected chi connectivity index (χ0v) is 18.1. The Morgan fingerprint density at radius 3 is 2.74 bits per heavy atom. The molecule has 0 aliphatic carbocycles. The van der Waals surface area contributed by atoms with Crippen LogP contribution in [0.1, 0.15) is 48.5 Å². The number of hydrogen-bond acceptors (Lipinski definition) is 5. The lowest BCUT2D eigenvalue weighted by Gasteiger charge is -2.35. The maximum atomic E-state index is 13.0. The minimum absolute atomic E-state index is 0.119. The van der Waals surface area contributed by atoms with Gasteiger partial charge in [-0.2, -0.15) is 0 Å². The molecule has 0 spiro atoms. The molecule has 6 nitrogen and oxygen atoms in total. The molecule has 3 aromatic rings. The van der Waals surface area contributed by atoms with Crippen LogP contribution in [0, 0.1) is 6.92 Å². The van der Waals surface area contributed by atoms with Gasteiger partial charge in [-0.3, -0.25) is 4.79 Å². The first kappa shape index (κ1) is 20.8. The average Bonchev–Trinajstić information content (AvgIpc) is 2.81. The van der Waals surface area contributed by atoms with Gasteiger partial charge in [0.2, 0.25) is 5.95 Å². The molecule has 1 aliphatic rings. The molecule has 160 valence electrons. The lowest BCUT2D eigenvalue weighted by molar-refractivity contribution is 0.0608. The number of carbonyl (C=O) groups is 1. The Bertz CT molecular complexity index is 1060. The van der Waals surface area contributed by atoms with E-state index in [1.54, 1.807) is 6.20 Å². The van der Waals surface area contributed by atoms with Crippen LogP contribution < -0.4 is 11.1 Å². The van der Waals surface area contributed by atoms with Crippen molar-refractivity contribution in [2.24, 2.45) is 0 Å². The number of aromatic nitrogens is 2. The summed E-state index contributed by atoms with van der Waals surface area (Å²) in [7, 11) is 0. The Hall–Kier alpha value is -3.41. The molecule has 0 saturated carbocycles. The smallest absolute Gasteiger partial charge is 0.254 e. The zero-order valence-electron chi connectivity index (χ0n) is 18.1. The Kier molecular flexibility index (Phi) is 6.16. The third kappa shape index (κ3) is 4.53. The van der Waals surface area contributed by atoms with Crippen LogP contribution in [0.3, 0.4) is 0 Å². The fraction of sp³-hybridized carbons (Fsp3) is 0.320. The third-order valence-corrected chi connectivity index (χ3v) is 6.05. The van der Waals surface area contributed by atoms with Crippen LogP contribution in [0.5, 0.6) is 0 Å². The van der Waals surface area contributed by atoms with Crippen LogP contribution in [0.15, 0.2) is 54.7 Å². The third-order valence-electron chi connectivity index (χ3n) is 6.05. The number of carbonyl (C=O) groups excluding carboxylic acids is 1. The Labute approximate surface area is 183 Å². The molecule has 1 aliphatic heterocycles. The lowest BCUT2D eigenvalue weighted by Crippen LogP contribution is -2.43. The number of nitrogens with two attached hydrogens (primary N) is 1. The molecule has 1 fully saturated rings. The number of amides is 1. The second-order valence-corrected chi connectivity index (χ2v) is 8.04. The van der Waals surface area contributed by atoms with Crippen LogP contribution in [0.4, 0.5) is 17.3 Å². The molecule has 0 bridgehead atoms. The van der Waals surface area contributed by atoms with E-state index in [0.29, 0.717) is 12.0 Å². The monoisotopic (exact) mass is 415 g/mol. The Balaban J connectivity index is 1.49. The molecule has 1 amide bonds.